The first-order valence-electron chi connectivity index (χ1n) is 6.08. The second-order valence-corrected chi connectivity index (χ2v) is 5.34. The van der Waals surface area contributed by atoms with Crippen LogP contribution < -0.4 is 11.1 Å². The molecular weight excluding hydrogens is 218 g/mol. The fourth-order valence-electron chi connectivity index (χ4n) is 1.96. The normalized spacial score (nSPS) is 15.9. The number of nitrogens with two attached hydrogens (primary N) is 1. The summed E-state index contributed by atoms with van der Waals surface area (Å²) in [6, 6.07) is 2.85. The van der Waals surface area contributed by atoms with Crippen LogP contribution in [0.4, 0.5) is 5.69 Å². The molecular formula is C12H21N3S. The molecule has 1 aromatic rings. The standard InChI is InChI=1S/C12H21N3S/c1-2-15(10-3-4-10)7-6-14-9-12-11(13)5-8-16-12/h5,8,10,14H,2-4,6-7,9,13H2,1H3. The van der Waals surface area contributed by atoms with Crippen LogP contribution in [-0.4, -0.2) is 30.6 Å². The largest absolute Gasteiger partial charge is 0.398 e. The molecule has 0 radical (unpaired) electrons. The highest BCUT2D eigenvalue weighted by atomic mass is 32.1. The lowest BCUT2D eigenvalue weighted by atomic mass is 10.4. The number of hydrogen-bond donors (Lipinski definition) is 2. The van der Waals surface area contributed by atoms with E-state index in [9.17, 15) is 0 Å². The second-order valence-electron chi connectivity index (χ2n) is 4.34. The van der Waals surface area contributed by atoms with Gasteiger partial charge in [-0.15, -0.1) is 11.3 Å². The number of rotatable bonds is 7. The maximum atomic E-state index is 5.83. The first-order valence-corrected chi connectivity index (χ1v) is 6.96. The summed E-state index contributed by atoms with van der Waals surface area (Å²) < 4.78 is 0. The third kappa shape index (κ3) is 3.20. The fraction of sp³-hybridized carbons (Fsp3) is 0.667. The maximum absolute atomic E-state index is 5.83. The Morgan fingerprint density at radius 2 is 2.38 bits per heavy atom. The van der Waals surface area contributed by atoms with E-state index in [4.69, 9.17) is 5.73 Å². The summed E-state index contributed by atoms with van der Waals surface area (Å²) in [5.74, 6) is 0. The van der Waals surface area contributed by atoms with Gasteiger partial charge in [-0.05, 0) is 30.8 Å². The van der Waals surface area contributed by atoms with Crippen LogP contribution in [-0.2, 0) is 6.54 Å². The fourth-order valence-corrected chi connectivity index (χ4v) is 2.73. The van der Waals surface area contributed by atoms with Crippen molar-refractivity contribution in [3.63, 3.8) is 0 Å². The van der Waals surface area contributed by atoms with Crippen LogP contribution in [0.2, 0.25) is 0 Å². The molecule has 1 aromatic heterocycles. The topological polar surface area (TPSA) is 41.3 Å². The number of nitrogens with one attached hydrogen (secondary N) is 1. The molecule has 90 valence electrons. The monoisotopic (exact) mass is 239 g/mol. The highest BCUT2D eigenvalue weighted by Gasteiger charge is 2.26. The summed E-state index contributed by atoms with van der Waals surface area (Å²) in [6.07, 6.45) is 2.79. The molecule has 3 N–H and O–H groups in total. The van der Waals surface area contributed by atoms with Gasteiger partial charge >= 0.3 is 0 Å². The molecule has 0 amide bonds. The molecule has 3 nitrogen and oxygen atoms in total. The van der Waals surface area contributed by atoms with Crippen molar-refractivity contribution in [1.29, 1.82) is 0 Å². The van der Waals surface area contributed by atoms with E-state index >= 15 is 0 Å². The minimum atomic E-state index is 0.874. The van der Waals surface area contributed by atoms with Gasteiger partial charge < -0.3 is 11.1 Å². The Morgan fingerprint density at radius 3 is 2.94 bits per heavy atom. The summed E-state index contributed by atoms with van der Waals surface area (Å²) in [6.45, 7) is 6.54. The van der Waals surface area contributed by atoms with Gasteiger partial charge in [-0.25, -0.2) is 0 Å². The molecule has 0 bridgehead atoms. The van der Waals surface area contributed by atoms with Crippen molar-refractivity contribution in [2.75, 3.05) is 25.4 Å². The Labute approximate surface area is 102 Å². The van der Waals surface area contributed by atoms with Crippen molar-refractivity contribution in [2.24, 2.45) is 0 Å². The molecule has 0 unspecified atom stereocenters. The number of nitrogens with zero attached hydrogens (tertiary/aromatic N) is 1. The third-order valence-electron chi connectivity index (χ3n) is 3.11. The summed E-state index contributed by atoms with van der Waals surface area (Å²) in [5, 5.41) is 5.52. The van der Waals surface area contributed by atoms with Crippen molar-refractivity contribution >= 4 is 17.0 Å². The molecule has 1 fully saturated rings. The Kier molecular flexibility index (Phi) is 4.21. The Morgan fingerprint density at radius 1 is 1.56 bits per heavy atom. The van der Waals surface area contributed by atoms with Crippen molar-refractivity contribution < 1.29 is 0 Å². The van der Waals surface area contributed by atoms with Crippen molar-refractivity contribution in [3.05, 3.63) is 16.3 Å². The maximum Gasteiger partial charge on any atom is 0.0468 e. The molecule has 0 aliphatic heterocycles. The Bertz CT molecular complexity index is 320. The minimum absolute atomic E-state index is 0.874. The number of anilines is 1. The zero-order chi connectivity index (χ0) is 11.4. The van der Waals surface area contributed by atoms with Crippen LogP contribution in [0.1, 0.15) is 24.6 Å². The molecule has 0 aromatic carbocycles. The molecule has 4 heteroatoms. The molecule has 1 aliphatic carbocycles. The van der Waals surface area contributed by atoms with Crippen LogP contribution in [0.3, 0.4) is 0 Å². The highest BCUT2D eigenvalue weighted by Crippen LogP contribution is 2.25. The highest BCUT2D eigenvalue weighted by molar-refractivity contribution is 7.10. The van der Waals surface area contributed by atoms with Gasteiger partial charge in [-0.2, -0.15) is 0 Å². The minimum Gasteiger partial charge on any atom is -0.398 e. The summed E-state index contributed by atoms with van der Waals surface area (Å²) in [4.78, 5) is 3.82. The van der Waals surface area contributed by atoms with Crippen LogP contribution >= 0.6 is 11.3 Å². The lowest BCUT2D eigenvalue weighted by Crippen LogP contribution is -2.33. The molecule has 1 aliphatic rings. The van der Waals surface area contributed by atoms with Crippen molar-refractivity contribution in [2.45, 2.75) is 32.4 Å². The zero-order valence-corrected chi connectivity index (χ0v) is 10.7. The average molecular weight is 239 g/mol. The average Bonchev–Trinajstić information content (AvgIpc) is 3.04. The van der Waals surface area contributed by atoms with Gasteiger partial charge in [0.05, 0.1) is 0 Å². The number of nitrogen functional groups attached to an aromatic ring is 1. The number of thiophene rings is 1. The van der Waals surface area contributed by atoms with E-state index < -0.39 is 0 Å². The van der Waals surface area contributed by atoms with Crippen LogP contribution in [0.5, 0.6) is 0 Å². The van der Waals surface area contributed by atoms with Gasteiger partial charge in [0.15, 0.2) is 0 Å². The van der Waals surface area contributed by atoms with E-state index in [0.717, 1.165) is 31.4 Å². The van der Waals surface area contributed by atoms with Crippen LogP contribution in [0.25, 0.3) is 0 Å². The molecule has 0 atom stereocenters. The molecule has 0 saturated heterocycles. The van der Waals surface area contributed by atoms with Crippen LogP contribution in [0, 0.1) is 0 Å². The second kappa shape index (κ2) is 5.66. The predicted octanol–water partition coefficient (Wildman–Crippen LogP) is 1.90. The zero-order valence-electron chi connectivity index (χ0n) is 9.91. The van der Waals surface area contributed by atoms with Gasteiger partial charge in [-0.1, -0.05) is 6.92 Å². The van der Waals surface area contributed by atoms with E-state index in [2.05, 4.69) is 22.5 Å². The SMILES string of the molecule is CCN(CCNCc1sccc1N)C1CC1. The number of hydrogen-bond acceptors (Lipinski definition) is 4. The van der Waals surface area contributed by atoms with E-state index in [1.165, 1.54) is 24.3 Å². The van der Waals surface area contributed by atoms with Crippen molar-refractivity contribution in [3.8, 4) is 0 Å². The van der Waals surface area contributed by atoms with Crippen molar-refractivity contribution in [1.82, 2.24) is 10.2 Å². The summed E-state index contributed by atoms with van der Waals surface area (Å²) >= 11 is 1.73. The van der Waals surface area contributed by atoms with Gasteiger partial charge in [0, 0.05) is 36.2 Å². The lowest BCUT2D eigenvalue weighted by molar-refractivity contribution is 0.277. The summed E-state index contributed by atoms with van der Waals surface area (Å²) in [5.41, 5.74) is 6.75. The summed E-state index contributed by atoms with van der Waals surface area (Å²) in [7, 11) is 0. The Balaban J connectivity index is 1.62. The van der Waals surface area contributed by atoms with Gasteiger partial charge in [0.2, 0.25) is 0 Å². The van der Waals surface area contributed by atoms with Gasteiger partial charge in [-0.3, -0.25) is 4.90 Å². The van der Waals surface area contributed by atoms with Crippen LogP contribution in [0.15, 0.2) is 11.4 Å². The van der Waals surface area contributed by atoms with Gasteiger partial charge in [0.1, 0.15) is 0 Å². The molecule has 0 spiro atoms. The molecule has 1 heterocycles. The Hall–Kier alpha value is -0.580. The molecule has 2 rings (SSSR count). The molecule has 1 saturated carbocycles. The molecule has 16 heavy (non-hydrogen) atoms. The lowest BCUT2D eigenvalue weighted by Gasteiger charge is -2.19. The quantitative estimate of drug-likeness (QED) is 0.714. The first kappa shape index (κ1) is 11.9. The van der Waals surface area contributed by atoms with E-state index in [0.29, 0.717) is 0 Å². The van der Waals surface area contributed by atoms with Gasteiger partial charge in [0.25, 0.3) is 0 Å². The van der Waals surface area contributed by atoms with E-state index in [1.54, 1.807) is 11.3 Å². The predicted molar refractivity (Wildman–Crippen MR) is 70.7 cm³/mol. The third-order valence-corrected chi connectivity index (χ3v) is 4.05. The van der Waals surface area contributed by atoms with E-state index in [1.807, 2.05) is 6.07 Å². The smallest absolute Gasteiger partial charge is 0.0468 e. The number of likely N-dealkylation sites (N-methyl/N-ethyl adjacent to an activating group) is 1. The van der Waals surface area contributed by atoms with E-state index in [-0.39, 0.29) is 0 Å². The first-order chi connectivity index (χ1) is 7.81.